The Kier molecular flexibility index (Phi) is 5.31. The molecule has 0 aliphatic rings. The summed E-state index contributed by atoms with van der Waals surface area (Å²) in [5.41, 5.74) is 3.09. The van der Waals surface area contributed by atoms with Gasteiger partial charge in [0.25, 0.3) is 5.91 Å². The number of nitrogens with zero attached hydrogens (tertiary/aromatic N) is 1. The van der Waals surface area contributed by atoms with E-state index in [4.69, 9.17) is 4.42 Å². The Hall–Kier alpha value is -3.58. The minimum atomic E-state index is -0.426. The van der Waals surface area contributed by atoms with E-state index in [0.29, 0.717) is 18.1 Å². The Morgan fingerprint density at radius 2 is 1.81 bits per heavy atom. The van der Waals surface area contributed by atoms with Crippen LogP contribution in [0.2, 0.25) is 0 Å². The van der Waals surface area contributed by atoms with Crippen LogP contribution in [0, 0.1) is 18.3 Å². The average Bonchev–Trinajstić information content (AvgIpc) is 3.14. The van der Waals surface area contributed by atoms with Gasteiger partial charge in [0.2, 0.25) is 0 Å². The highest BCUT2D eigenvalue weighted by Gasteiger charge is 2.11. The van der Waals surface area contributed by atoms with Crippen LogP contribution < -0.4 is 5.32 Å². The maximum Gasteiger partial charge on any atom is 0.262 e. The van der Waals surface area contributed by atoms with E-state index in [9.17, 15) is 10.1 Å². The third-order valence-electron chi connectivity index (χ3n) is 3.91. The van der Waals surface area contributed by atoms with Crippen LogP contribution in [0.25, 0.3) is 17.4 Å². The molecule has 2 aromatic carbocycles. The van der Waals surface area contributed by atoms with Crippen LogP contribution in [0.1, 0.15) is 16.9 Å². The Morgan fingerprint density at radius 1 is 1.08 bits per heavy atom. The number of carbonyl (C=O) groups is 1. The van der Waals surface area contributed by atoms with Crippen LogP contribution in [0.15, 0.2) is 76.7 Å². The van der Waals surface area contributed by atoms with Gasteiger partial charge in [0.15, 0.2) is 0 Å². The standard InChI is InChI=1S/C22H18N2O2/c1-16-7-9-18(10-8-16)21-12-11-20(26-21)13-19(14-23)22(25)24-15-17-5-3-2-4-6-17/h2-13H,15H2,1H3,(H,24,25). The van der Waals surface area contributed by atoms with Crippen molar-refractivity contribution in [1.82, 2.24) is 5.32 Å². The van der Waals surface area contributed by atoms with E-state index in [1.54, 1.807) is 6.07 Å². The van der Waals surface area contributed by atoms with E-state index in [1.807, 2.05) is 73.7 Å². The van der Waals surface area contributed by atoms with E-state index in [2.05, 4.69) is 5.32 Å². The number of aryl methyl sites for hydroxylation is 1. The van der Waals surface area contributed by atoms with Gasteiger partial charge in [-0.15, -0.1) is 0 Å². The summed E-state index contributed by atoms with van der Waals surface area (Å²) in [6.07, 6.45) is 1.46. The molecule has 26 heavy (non-hydrogen) atoms. The molecule has 0 atom stereocenters. The lowest BCUT2D eigenvalue weighted by Crippen LogP contribution is -2.23. The number of furan rings is 1. The molecule has 128 valence electrons. The molecule has 1 heterocycles. The largest absolute Gasteiger partial charge is 0.457 e. The Balaban J connectivity index is 1.71. The molecule has 1 N–H and O–H groups in total. The molecule has 0 aliphatic heterocycles. The smallest absolute Gasteiger partial charge is 0.262 e. The first-order chi connectivity index (χ1) is 12.7. The zero-order valence-corrected chi connectivity index (χ0v) is 14.4. The summed E-state index contributed by atoms with van der Waals surface area (Å²) in [6.45, 7) is 2.39. The summed E-state index contributed by atoms with van der Waals surface area (Å²) < 4.78 is 5.75. The minimum absolute atomic E-state index is 0.00531. The van der Waals surface area contributed by atoms with E-state index >= 15 is 0 Å². The van der Waals surface area contributed by atoms with Gasteiger partial charge >= 0.3 is 0 Å². The highest BCUT2D eigenvalue weighted by atomic mass is 16.3. The third kappa shape index (κ3) is 4.28. The molecule has 0 saturated heterocycles. The fraction of sp³-hybridized carbons (Fsp3) is 0.0909. The van der Waals surface area contributed by atoms with Crippen molar-refractivity contribution in [2.45, 2.75) is 13.5 Å². The monoisotopic (exact) mass is 342 g/mol. The zero-order valence-electron chi connectivity index (χ0n) is 14.4. The van der Waals surface area contributed by atoms with Gasteiger partial charge in [0.05, 0.1) is 0 Å². The molecule has 0 unspecified atom stereocenters. The van der Waals surface area contributed by atoms with E-state index in [-0.39, 0.29) is 5.57 Å². The Morgan fingerprint density at radius 3 is 2.50 bits per heavy atom. The summed E-state index contributed by atoms with van der Waals surface area (Å²) in [7, 11) is 0. The molecule has 1 amide bonds. The van der Waals surface area contributed by atoms with Gasteiger partial charge in [0, 0.05) is 18.2 Å². The van der Waals surface area contributed by atoms with Gasteiger partial charge in [-0.25, -0.2) is 0 Å². The quantitative estimate of drug-likeness (QED) is 0.549. The van der Waals surface area contributed by atoms with Crippen LogP contribution >= 0.6 is 0 Å². The number of nitriles is 1. The van der Waals surface area contributed by atoms with Crippen LogP contribution in [0.5, 0.6) is 0 Å². The molecule has 0 fully saturated rings. The highest BCUT2D eigenvalue weighted by Crippen LogP contribution is 2.23. The van der Waals surface area contributed by atoms with Crippen LogP contribution in [0.3, 0.4) is 0 Å². The molecule has 0 aliphatic carbocycles. The first-order valence-electron chi connectivity index (χ1n) is 8.26. The van der Waals surface area contributed by atoms with Gasteiger partial charge in [0.1, 0.15) is 23.2 Å². The summed E-state index contributed by atoms with van der Waals surface area (Å²) >= 11 is 0. The van der Waals surface area contributed by atoms with Crippen molar-refractivity contribution in [3.63, 3.8) is 0 Å². The van der Waals surface area contributed by atoms with Crippen molar-refractivity contribution in [2.75, 3.05) is 0 Å². The van der Waals surface area contributed by atoms with E-state index < -0.39 is 5.91 Å². The van der Waals surface area contributed by atoms with Crippen LogP contribution in [-0.2, 0) is 11.3 Å². The fourth-order valence-corrected chi connectivity index (χ4v) is 2.47. The van der Waals surface area contributed by atoms with Crippen molar-refractivity contribution in [3.8, 4) is 17.4 Å². The number of amides is 1. The normalized spacial score (nSPS) is 11.0. The molecule has 0 saturated carbocycles. The van der Waals surface area contributed by atoms with E-state index in [0.717, 1.165) is 11.1 Å². The van der Waals surface area contributed by atoms with Crippen molar-refractivity contribution in [3.05, 3.63) is 89.2 Å². The first-order valence-corrected chi connectivity index (χ1v) is 8.26. The lowest BCUT2D eigenvalue weighted by atomic mass is 10.1. The number of benzene rings is 2. The molecule has 4 heteroatoms. The van der Waals surface area contributed by atoms with Crippen molar-refractivity contribution >= 4 is 12.0 Å². The Labute approximate surface area is 152 Å². The van der Waals surface area contributed by atoms with Gasteiger partial charge in [-0.2, -0.15) is 5.26 Å². The van der Waals surface area contributed by atoms with Crippen LogP contribution in [0.4, 0.5) is 0 Å². The molecular weight excluding hydrogens is 324 g/mol. The molecule has 0 bridgehead atoms. The molecule has 4 nitrogen and oxygen atoms in total. The average molecular weight is 342 g/mol. The summed E-state index contributed by atoms with van der Waals surface area (Å²) in [4.78, 5) is 12.2. The topological polar surface area (TPSA) is 66.0 Å². The lowest BCUT2D eigenvalue weighted by Gasteiger charge is -2.03. The predicted molar refractivity (Wildman–Crippen MR) is 101 cm³/mol. The molecular formula is C22H18N2O2. The van der Waals surface area contributed by atoms with Crippen molar-refractivity contribution in [1.29, 1.82) is 5.26 Å². The zero-order chi connectivity index (χ0) is 18.4. The molecule has 0 radical (unpaired) electrons. The number of nitrogens with one attached hydrogen (secondary N) is 1. The molecule has 0 spiro atoms. The minimum Gasteiger partial charge on any atom is -0.457 e. The number of carbonyl (C=O) groups excluding carboxylic acids is 1. The summed E-state index contributed by atoms with van der Waals surface area (Å²) in [5.74, 6) is 0.731. The third-order valence-corrected chi connectivity index (χ3v) is 3.91. The number of hydrogen-bond acceptors (Lipinski definition) is 3. The highest BCUT2D eigenvalue weighted by molar-refractivity contribution is 6.01. The maximum atomic E-state index is 12.2. The summed E-state index contributed by atoms with van der Waals surface area (Å²) in [5, 5.41) is 12.0. The molecule has 3 aromatic rings. The molecule has 1 aromatic heterocycles. The van der Waals surface area contributed by atoms with Gasteiger partial charge < -0.3 is 9.73 Å². The maximum absolute atomic E-state index is 12.2. The second-order valence-corrected chi connectivity index (χ2v) is 5.91. The lowest BCUT2D eigenvalue weighted by molar-refractivity contribution is -0.117. The second kappa shape index (κ2) is 8.00. The van der Waals surface area contributed by atoms with Crippen molar-refractivity contribution in [2.24, 2.45) is 0 Å². The van der Waals surface area contributed by atoms with Crippen molar-refractivity contribution < 1.29 is 9.21 Å². The van der Waals surface area contributed by atoms with Gasteiger partial charge in [-0.05, 0) is 24.6 Å². The molecule has 3 rings (SSSR count). The first kappa shape index (κ1) is 17.2. The van der Waals surface area contributed by atoms with Gasteiger partial charge in [-0.3, -0.25) is 4.79 Å². The second-order valence-electron chi connectivity index (χ2n) is 5.91. The number of hydrogen-bond donors (Lipinski definition) is 1. The van der Waals surface area contributed by atoms with Gasteiger partial charge in [-0.1, -0.05) is 60.2 Å². The SMILES string of the molecule is Cc1ccc(-c2ccc(C=C(C#N)C(=O)NCc3ccccc3)o2)cc1. The number of rotatable bonds is 5. The Bertz CT molecular complexity index is 961. The summed E-state index contributed by atoms with van der Waals surface area (Å²) in [6, 6.07) is 23.0. The van der Waals surface area contributed by atoms with Crippen LogP contribution in [-0.4, -0.2) is 5.91 Å². The fourth-order valence-electron chi connectivity index (χ4n) is 2.47. The van der Waals surface area contributed by atoms with E-state index in [1.165, 1.54) is 11.6 Å². The predicted octanol–water partition coefficient (Wildman–Crippen LogP) is 4.48.